The number of carbonyl (C=O) groups excluding carboxylic acids is 1. The molecule has 2 aromatic rings. The van der Waals surface area contributed by atoms with E-state index in [0.29, 0.717) is 56.1 Å². The van der Waals surface area contributed by atoms with Crippen LogP contribution in [0.3, 0.4) is 0 Å². The van der Waals surface area contributed by atoms with Gasteiger partial charge in [0.2, 0.25) is 20.0 Å². The summed E-state index contributed by atoms with van der Waals surface area (Å²) >= 11 is 0. The van der Waals surface area contributed by atoms with E-state index in [9.17, 15) is 21.6 Å². The lowest BCUT2D eigenvalue weighted by atomic mass is 10.1. The van der Waals surface area contributed by atoms with E-state index in [1.165, 1.54) is 24.5 Å². The van der Waals surface area contributed by atoms with Crippen molar-refractivity contribution in [2.75, 3.05) is 51.8 Å². The summed E-state index contributed by atoms with van der Waals surface area (Å²) in [6.07, 6.45) is 0.563. The Morgan fingerprint density at radius 2 is 1.64 bits per heavy atom. The van der Waals surface area contributed by atoms with Gasteiger partial charge in [-0.15, -0.1) is 0 Å². The van der Waals surface area contributed by atoms with Crippen molar-refractivity contribution in [2.24, 2.45) is 0 Å². The first-order valence-electron chi connectivity index (χ1n) is 10.6. The standard InChI is InChI=1S/C22H27N3O6S2/c1-23(2)33(29,30)20-7-8-21-19(15-20)9-10-25(21)22(26)18-5-3-17(4-6-18)16-32(27,28)24-11-13-31-14-12-24/h3-8,15H,9-14,16H2,1-2H3. The van der Waals surface area contributed by atoms with Crippen LogP contribution in [-0.4, -0.2) is 78.3 Å². The van der Waals surface area contributed by atoms with Crippen molar-refractivity contribution in [1.29, 1.82) is 0 Å². The van der Waals surface area contributed by atoms with Gasteiger partial charge in [-0.2, -0.15) is 4.31 Å². The van der Waals surface area contributed by atoms with Crippen LogP contribution in [0.5, 0.6) is 0 Å². The van der Waals surface area contributed by atoms with E-state index in [4.69, 9.17) is 4.74 Å². The summed E-state index contributed by atoms with van der Waals surface area (Å²) in [6.45, 7) is 1.95. The topological polar surface area (TPSA) is 104 Å². The summed E-state index contributed by atoms with van der Waals surface area (Å²) in [4.78, 5) is 14.9. The molecule has 4 rings (SSSR count). The number of sulfonamides is 2. The maximum atomic E-state index is 13.1. The van der Waals surface area contributed by atoms with Gasteiger partial charge in [0.05, 0.1) is 23.9 Å². The first-order valence-corrected chi connectivity index (χ1v) is 13.7. The highest BCUT2D eigenvalue weighted by Gasteiger charge is 2.29. The Labute approximate surface area is 194 Å². The van der Waals surface area contributed by atoms with Crippen LogP contribution in [0.1, 0.15) is 21.5 Å². The second-order valence-corrected chi connectivity index (χ2v) is 12.4. The molecule has 2 heterocycles. The van der Waals surface area contributed by atoms with Gasteiger partial charge in [-0.05, 0) is 47.9 Å². The van der Waals surface area contributed by atoms with E-state index in [0.717, 1.165) is 9.87 Å². The summed E-state index contributed by atoms with van der Waals surface area (Å²) in [5.74, 6) is -0.337. The van der Waals surface area contributed by atoms with Crippen molar-refractivity contribution in [1.82, 2.24) is 8.61 Å². The first-order chi connectivity index (χ1) is 15.6. The maximum Gasteiger partial charge on any atom is 0.258 e. The Morgan fingerprint density at radius 1 is 0.970 bits per heavy atom. The molecule has 0 radical (unpaired) electrons. The summed E-state index contributed by atoms with van der Waals surface area (Å²) in [5.41, 5.74) is 2.55. The lowest BCUT2D eigenvalue weighted by Gasteiger charge is -2.26. The lowest BCUT2D eigenvalue weighted by molar-refractivity contribution is 0.0729. The number of anilines is 1. The summed E-state index contributed by atoms with van der Waals surface area (Å²) < 4.78 is 57.8. The number of ether oxygens (including phenoxy) is 1. The van der Waals surface area contributed by atoms with E-state index in [2.05, 4.69) is 0 Å². The number of hydrogen-bond acceptors (Lipinski definition) is 6. The third-order valence-electron chi connectivity index (χ3n) is 5.88. The van der Waals surface area contributed by atoms with Crippen LogP contribution in [0.2, 0.25) is 0 Å². The molecule has 2 aliphatic heterocycles. The smallest absolute Gasteiger partial charge is 0.258 e. The molecular weight excluding hydrogens is 466 g/mol. The van der Waals surface area contributed by atoms with Crippen LogP contribution in [-0.2, 0) is 37.0 Å². The van der Waals surface area contributed by atoms with E-state index in [-0.39, 0.29) is 16.6 Å². The Morgan fingerprint density at radius 3 is 2.27 bits per heavy atom. The third-order valence-corrected chi connectivity index (χ3v) is 9.54. The number of rotatable bonds is 6. The van der Waals surface area contributed by atoms with E-state index >= 15 is 0 Å². The van der Waals surface area contributed by atoms with Gasteiger partial charge in [0.1, 0.15) is 0 Å². The molecule has 9 nitrogen and oxygen atoms in total. The van der Waals surface area contributed by atoms with Crippen LogP contribution >= 0.6 is 0 Å². The van der Waals surface area contributed by atoms with E-state index in [1.807, 2.05) is 0 Å². The molecule has 11 heteroatoms. The van der Waals surface area contributed by atoms with Crippen LogP contribution in [0.15, 0.2) is 47.4 Å². The van der Waals surface area contributed by atoms with E-state index in [1.54, 1.807) is 41.3 Å². The lowest BCUT2D eigenvalue weighted by Crippen LogP contribution is -2.41. The number of benzene rings is 2. The number of nitrogens with zero attached hydrogens (tertiary/aromatic N) is 3. The molecule has 1 fully saturated rings. The molecule has 0 N–H and O–H groups in total. The molecule has 0 aliphatic carbocycles. The van der Waals surface area contributed by atoms with Crippen molar-refractivity contribution < 1.29 is 26.4 Å². The number of amides is 1. The highest BCUT2D eigenvalue weighted by atomic mass is 32.2. The van der Waals surface area contributed by atoms with Gasteiger partial charge >= 0.3 is 0 Å². The van der Waals surface area contributed by atoms with Crippen LogP contribution < -0.4 is 4.90 Å². The van der Waals surface area contributed by atoms with Gasteiger partial charge in [-0.25, -0.2) is 21.1 Å². The quantitative estimate of drug-likeness (QED) is 0.601. The zero-order valence-corrected chi connectivity index (χ0v) is 20.2. The molecule has 0 unspecified atom stereocenters. The van der Waals surface area contributed by atoms with Gasteiger partial charge in [-0.1, -0.05) is 12.1 Å². The molecule has 1 saturated heterocycles. The third kappa shape index (κ3) is 4.82. The first kappa shape index (κ1) is 23.8. The number of fused-ring (bicyclic) bond motifs is 1. The average molecular weight is 494 g/mol. The predicted molar refractivity (Wildman–Crippen MR) is 124 cm³/mol. The zero-order valence-electron chi connectivity index (χ0n) is 18.6. The van der Waals surface area contributed by atoms with Gasteiger partial charge in [0.15, 0.2) is 0 Å². The largest absolute Gasteiger partial charge is 0.379 e. The van der Waals surface area contributed by atoms with Gasteiger partial charge in [0, 0.05) is 45.0 Å². The summed E-state index contributed by atoms with van der Waals surface area (Å²) in [5, 5.41) is 0. The van der Waals surface area contributed by atoms with E-state index < -0.39 is 20.0 Å². The van der Waals surface area contributed by atoms with Crippen molar-refractivity contribution >= 4 is 31.6 Å². The SMILES string of the molecule is CN(C)S(=O)(=O)c1ccc2c(c1)CCN2C(=O)c1ccc(CS(=O)(=O)N2CCOCC2)cc1. The number of carbonyl (C=O) groups is 1. The highest BCUT2D eigenvalue weighted by molar-refractivity contribution is 7.89. The van der Waals surface area contributed by atoms with Crippen molar-refractivity contribution in [3.63, 3.8) is 0 Å². The monoisotopic (exact) mass is 493 g/mol. The fraction of sp³-hybridized carbons (Fsp3) is 0.409. The zero-order chi connectivity index (χ0) is 23.8. The maximum absolute atomic E-state index is 13.1. The molecule has 1 amide bonds. The molecule has 33 heavy (non-hydrogen) atoms. The molecule has 0 saturated carbocycles. The summed E-state index contributed by atoms with van der Waals surface area (Å²) in [7, 11) is -4.03. The van der Waals surface area contributed by atoms with Crippen LogP contribution in [0.4, 0.5) is 5.69 Å². The fourth-order valence-electron chi connectivity index (χ4n) is 3.99. The molecule has 0 aromatic heterocycles. The Balaban J connectivity index is 1.49. The molecule has 178 valence electrons. The van der Waals surface area contributed by atoms with Crippen molar-refractivity contribution in [3.8, 4) is 0 Å². The average Bonchev–Trinajstić information content (AvgIpc) is 3.22. The molecule has 0 spiro atoms. The van der Waals surface area contributed by atoms with Gasteiger partial charge in [0.25, 0.3) is 5.91 Å². The Hall–Kier alpha value is -2.31. The molecule has 2 aromatic carbocycles. The molecular formula is C22H27N3O6S2. The minimum absolute atomic E-state index is 0.128. The van der Waals surface area contributed by atoms with Crippen molar-refractivity contribution in [2.45, 2.75) is 17.1 Å². The Bertz CT molecular complexity index is 1250. The van der Waals surface area contributed by atoms with Crippen molar-refractivity contribution in [3.05, 3.63) is 59.2 Å². The molecule has 0 atom stereocenters. The second-order valence-electron chi connectivity index (χ2n) is 8.25. The second kappa shape index (κ2) is 9.15. The minimum atomic E-state index is -3.55. The van der Waals surface area contributed by atoms with Gasteiger partial charge < -0.3 is 9.64 Å². The predicted octanol–water partition coefficient (Wildman–Crippen LogP) is 1.30. The normalized spacial score (nSPS) is 17.4. The Kier molecular flexibility index (Phi) is 6.61. The molecule has 0 bridgehead atoms. The van der Waals surface area contributed by atoms with Crippen LogP contribution in [0.25, 0.3) is 0 Å². The number of hydrogen-bond donors (Lipinski definition) is 0. The fourth-order valence-corrected chi connectivity index (χ4v) is 6.44. The summed E-state index contributed by atoms with van der Waals surface area (Å²) in [6, 6.07) is 11.4. The van der Waals surface area contributed by atoms with Gasteiger partial charge in [-0.3, -0.25) is 4.79 Å². The highest BCUT2D eigenvalue weighted by Crippen LogP contribution is 2.32. The molecule has 2 aliphatic rings. The minimum Gasteiger partial charge on any atom is -0.379 e. The number of morpholine rings is 1. The van der Waals surface area contributed by atoms with Crippen LogP contribution in [0, 0.1) is 0 Å².